The van der Waals surface area contributed by atoms with Gasteiger partial charge in [0.05, 0.1) is 25.4 Å². The van der Waals surface area contributed by atoms with Crippen molar-refractivity contribution in [3.63, 3.8) is 0 Å². The summed E-state index contributed by atoms with van der Waals surface area (Å²) in [4.78, 5) is 14.2. The Morgan fingerprint density at radius 1 is 1.43 bits per heavy atom. The number of carbonyl (C=O) groups excluding carboxylic acids is 1. The Balaban J connectivity index is 1.71. The Bertz CT molecular complexity index is 475. The van der Waals surface area contributed by atoms with Gasteiger partial charge in [0.25, 0.3) is 0 Å². The number of hydrogen-bond acceptors (Lipinski definition) is 3. The fourth-order valence-electron chi connectivity index (χ4n) is 2.51. The number of morpholine rings is 1. The Kier molecular flexibility index (Phi) is 5.62. The molecule has 1 amide bonds. The van der Waals surface area contributed by atoms with E-state index in [1.54, 1.807) is 0 Å². The van der Waals surface area contributed by atoms with Crippen molar-refractivity contribution in [1.82, 2.24) is 4.90 Å². The monoisotopic (exact) mass is 291 g/mol. The van der Waals surface area contributed by atoms with Crippen molar-refractivity contribution in [2.24, 2.45) is 0 Å². The van der Waals surface area contributed by atoms with Gasteiger partial charge in [0.15, 0.2) is 0 Å². The number of nitrogens with zero attached hydrogens (tertiary/aromatic N) is 1. The van der Waals surface area contributed by atoms with Crippen LogP contribution < -0.4 is 4.74 Å². The van der Waals surface area contributed by atoms with Gasteiger partial charge >= 0.3 is 0 Å². The number of carbonyl (C=O) groups is 1. The smallest absolute Gasteiger partial charge is 0.223 e. The number of ether oxygens (including phenoxy) is 2. The standard InChI is InChI=1S/C17H25NO3/c1-13-6-4-7-16(10-13)20-9-5-8-17(19)18-11-15(3)21-12-14(18)2/h4,6-7,10,14-15H,5,8-9,11-12H2,1-3H3. The highest BCUT2D eigenvalue weighted by Crippen LogP contribution is 2.15. The average molecular weight is 291 g/mol. The number of hydrogen-bond donors (Lipinski definition) is 0. The van der Waals surface area contributed by atoms with Crippen LogP contribution in [0.2, 0.25) is 0 Å². The zero-order valence-electron chi connectivity index (χ0n) is 13.2. The molecule has 1 fully saturated rings. The summed E-state index contributed by atoms with van der Waals surface area (Å²) in [6.07, 6.45) is 1.40. The van der Waals surface area contributed by atoms with Gasteiger partial charge < -0.3 is 14.4 Å². The van der Waals surface area contributed by atoms with Crippen molar-refractivity contribution < 1.29 is 14.3 Å². The third-order valence-electron chi connectivity index (χ3n) is 3.72. The molecule has 0 N–H and O–H groups in total. The average Bonchev–Trinajstić information content (AvgIpc) is 2.46. The summed E-state index contributed by atoms with van der Waals surface area (Å²) >= 11 is 0. The first-order valence-electron chi connectivity index (χ1n) is 7.67. The zero-order chi connectivity index (χ0) is 15.2. The second-order valence-electron chi connectivity index (χ2n) is 5.81. The molecule has 0 saturated carbocycles. The fraction of sp³-hybridized carbons (Fsp3) is 0.588. The van der Waals surface area contributed by atoms with E-state index in [0.717, 1.165) is 12.2 Å². The summed E-state index contributed by atoms with van der Waals surface area (Å²) in [7, 11) is 0. The van der Waals surface area contributed by atoms with Crippen LogP contribution in [0, 0.1) is 6.92 Å². The van der Waals surface area contributed by atoms with Crippen LogP contribution in [0.15, 0.2) is 24.3 Å². The lowest BCUT2D eigenvalue weighted by Gasteiger charge is -2.36. The van der Waals surface area contributed by atoms with Crippen molar-refractivity contribution >= 4 is 5.91 Å². The maximum absolute atomic E-state index is 12.2. The normalized spacial score (nSPS) is 22.1. The van der Waals surface area contributed by atoms with E-state index in [9.17, 15) is 4.79 Å². The first-order valence-corrected chi connectivity index (χ1v) is 7.67. The van der Waals surface area contributed by atoms with Gasteiger partial charge in [0.1, 0.15) is 5.75 Å². The molecule has 2 atom stereocenters. The van der Waals surface area contributed by atoms with Crippen LogP contribution in [0.3, 0.4) is 0 Å². The van der Waals surface area contributed by atoms with Gasteiger partial charge in [-0.3, -0.25) is 4.79 Å². The summed E-state index contributed by atoms with van der Waals surface area (Å²) < 4.78 is 11.2. The van der Waals surface area contributed by atoms with Gasteiger partial charge in [-0.25, -0.2) is 0 Å². The molecule has 4 heteroatoms. The molecule has 0 bridgehead atoms. The van der Waals surface area contributed by atoms with Crippen molar-refractivity contribution in [2.75, 3.05) is 19.8 Å². The summed E-state index contributed by atoms with van der Waals surface area (Å²) in [5, 5.41) is 0. The molecule has 21 heavy (non-hydrogen) atoms. The van der Waals surface area contributed by atoms with E-state index in [1.807, 2.05) is 49.9 Å². The lowest BCUT2D eigenvalue weighted by molar-refractivity contribution is -0.143. The zero-order valence-corrected chi connectivity index (χ0v) is 13.2. The molecule has 1 aromatic carbocycles. The second kappa shape index (κ2) is 7.46. The Morgan fingerprint density at radius 2 is 2.24 bits per heavy atom. The molecular weight excluding hydrogens is 266 g/mol. The largest absolute Gasteiger partial charge is 0.494 e. The Hall–Kier alpha value is -1.55. The molecular formula is C17H25NO3. The summed E-state index contributed by atoms with van der Waals surface area (Å²) in [5.41, 5.74) is 1.18. The minimum Gasteiger partial charge on any atom is -0.494 e. The molecule has 1 aliphatic rings. The minimum atomic E-state index is 0.133. The van der Waals surface area contributed by atoms with Crippen LogP contribution in [0.25, 0.3) is 0 Å². The maximum Gasteiger partial charge on any atom is 0.223 e. The van der Waals surface area contributed by atoms with Gasteiger partial charge in [0.2, 0.25) is 5.91 Å². The maximum atomic E-state index is 12.2. The van der Waals surface area contributed by atoms with Gasteiger partial charge in [-0.15, -0.1) is 0 Å². The molecule has 0 aromatic heterocycles. The van der Waals surface area contributed by atoms with Crippen molar-refractivity contribution in [3.05, 3.63) is 29.8 Å². The highest BCUT2D eigenvalue weighted by Gasteiger charge is 2.26. The van der Waals surface area contributed by atoms with Crippen LogP contribution in [0.5, 0.6) is 5.75 Å². The van der Waals surface area contributed by atoms with E-state index < -0.39 is 0 Å². The van der Waals surface area contributed by atoms with E-state index >= 15 is 0 Å². The van der Waals surface area contributed by atoms with Crippen LogP contribution in [-0.4, -0.2) is 42.7 Å². The second-order valence-corrected chi connectivity index (χ2v) is 5.81. The number of amides is 1. The van der Waals surface area contributed by atoms with E-state index in [2.05, 4.69) is 0 Å². The van der Waals surface area contributed by atoms with Gasteiger partial charge in [-0.2, -0.15) is 0 Å². The van der Waals surface area contributed by atoms with Gasteiger partial charge in [-0.1, -0.05) is 12.1 Å². The molecule has 0 aliphatic carbocycles. The van der Waals surface area contributed by atoms with Crippen LogP contribution in [0.4, 0.5) is 0 Å². The lowest BCUT2D eigenvalue weighted by Crippen LogP contribution is -2.50. The molecule has 1 aromatic rings. The molecule has 4 nitrogen and oxygen atoms in total. The number of rotatable bonds is 5. The minimum absolute atomic E-state index is 0.133. The highest BCUT2D eigenvalue weighted by molar-refractivity contribution is 5.76. The van der Waals surface area contributed by atoms with Crippen LogP contribution >= 0.6 is 0 Å². The molecule has 1 saturated heterocycles. The molecule has 0 radical (unpaired) electrons. The molecule has 0 spiro atoms. The third-order valence-corrected chi connectivity index (χ3v) is 3.72. The van der Waals surface area contributed by atoms with E-state index in [0.29, 0.717) is 26.2 Å². The van der Waals surface area contributed by atoms with E-state index in [4.69, 9.17) is 9.47 Å². The SMILES string of the molecule is Cc1cccc(OCCCC(=O)N2CC(C)OCC2C)c1. The van der Waals surface area contributed by atoms with E-state index in [1.165, 1.54) is 5.56 Å². The Morgan fingerprint density at radius 3 is 3.00 bits per heavy atom. The first-order chi connectivity index (χ1) is 10.1. The third kappa shape index (κ3) is 4.74. The van der Waals surface area contributed by atoms with Crippen LogP contribution in [-0.2, 0) is 9.53 Å². The molecule has 2 unspecified atom stereocenters. The van der Waals surface area contributed by atoms with E-state index in [-0.39, 0.29) is 18.1 Å². The van der Waals surface area contributed by atoms with Gasteiger partial charge in [0, 0.05) is 13.0 Å². The van der Waals surface area contributed by atoms with Crippen molar-refractivity contribution in [2.45, 2.75) is 45.8 Å². The molecule has 1 heterocycles. The van der Waals surface area contributed by atoms with Crippen molar-refractivity contribution in [3.8, 4) is 5.75 Å². The summed E-state index contributed by atoms with van der Waals surface area (Å²) in [6.45, 7) is 7.98. The topological polar surface area (TPSA) is 38.8 Å². The quantitative estimate of drug-likeness (QED) is 0.783. The fourth-order valence-corrected chi connectivity index (χ4v) is 2.51. The molecule has 1 aliphatic heterocycles. The predicted octanol–water partition coefficient (Wildman–Crippen LogP) is 2.79. The van der Waals surface area contributed by atoms with Crippen molar-refractivity contribution in [1.29, 1.82) is 0 Å². The van der Waals surface area contributed by atoms with Gasteiger partial charge in [-0.05, 0) is 44.9 Å². The number of aryl methyl sites for hydroxylation is 1. The predicted molar refractivity (Wildman–Crippen MR) is 82.5 cm³/mol. The molecule has 2 rings (SSSR count). The first kappa shape index (κ1) is 15.8. The van der Waals surface area contributed by atoms with Crippen LogP contribution in [0.1, 0.15) is 32.3 Å². The summed E-state index contributed by atoms with van der Waals surface area (Å²) in [5.74, 6) is 1.07. The summed E-state index contributed by atoms with van der Waals surface area (Å²) in [6, 6.07) is 8.14. The number of benzene rings is 1. The highest BCUT2D eigenvalue weighted by atomic mass is 16.5. The lowest BCUT2D eigenvalue weighted by atomic mass is 10.1. The Labute approximate surface area is 127 Å². The molecule has 116 valence electrons.